The van der Waals surface area contributed by atoms with Gasteiger partial charge in [0.1, 0.15) is 23.7 Å². The number of aliphatic hydroxyl groups is 4. The Bertz CT molecular complexity index is 2840. The van der Waals surface area contributed by atoms with Crippen molar-refractivity contribution in [3.8, 4) is 12.1 Å². The van der Waals surface area contributed by atoms with Gasteiger partial charge < -0.3 is 34.6 Å². The lowest BCUT2D eigenvalue weighted by Gasteiger charge is -2.53. The smallest absolute Gasteiger partial charge is 0.157 e. The molecule has 12 fully saturated rings. The van der Waals surface area contributed by atoms with Gasteiger partial charge in [-0.15, -0.1) is 0 Å². The van der Waals surface area contributed by atoms with Crippen molar-refractivity contribution in [1.29, 1.82) is 10.5 Å². The van der Waals surface area contributed by atoms with Gasteiger partial charge in [0, 0.05) is 58.6 Å². The Labute approximate surface area is 561 Å². The Hall–Kier alpha value is -3.39. The number of nitrogens with zero attached hydrogens (tertiary/aromatic N) is 5. The van der Waals surface area contributed by atoms with E-state index in [9.17, 15) is 29.7 Å². The van der Waals surface area contributed by atoms with E-state index in [1.54, 1.807) is 38.4 Å². The molecule has 2 aromatic rings. The molecular formula is C75H121BrN6O10. The highest BCUT2D eigenvalue weighted by Gasteiger charge is 2.64. The maximum Gasteiger partial charge on any atom is 0.157 e. The summed E-state index contributed by atoms with van der Waals surface area (Å²) in [7, 11) is 6.10. The zero-order valence-corrected chi connectivity index (χ0v) is 56.6. The third-order valence-electron chi connectivity index (χ3n) is 27.7. The van der Waals surface area contributed by atoms with Gasteiger partial charge in [-0.1, -0.05) is 59.0 Å². The first-order valence-corrected chi connectivity index (χ1v) is 35.7. The number of carbonyl (C=O) groups excluding carboxylic acids is 3. The van der Waals surface area contributed by atoms with Crippen LogP contribution in [0.2, 0.25) is 0 Å². The number of hydrogen-bond acceptors (Lipinski definition) is 14. The molecule has 0 spiro atoms. The van der Waals surface area contributed by atoms with Crippen molar-refractivity contribution < 1.29 is 49.0 Å². The molecule has 2 heterocycles. The van der Waals surface area contributed by atoms with Crippen molar-refractivity contribution in [3.63, 3.8) is 0 Å². The largest absolute Gasteiger partial charge is 0.400 e. The molecule has 17 heteroatoms. The van der Waals surface area contributed by atoms with E-state index in [0.29, 0.717) is 107 Å². The summed E-state index contributed by atoms with van der Waals surface area (Å²) in [6.07, 6.45) is 33.4. The number of ether oxygens (including phenoxy) is 3. The number of ketones is 3. The van der Waals surface area contributed by atoms with E-state index < -0.39 is 16.8 Å². The van der Waals surface area contributed by atoms with Crippen LogP contribution in [0.3, 0.4) is 0 Å². The monoisotopic (exact) mass is 1340 g/mol. The van der Waals surface area contributed by atoms with E-state index >= 15 is 0 Å². The Morgan fingerprint density at radius 3 is 1.25 bits per heavy atom. The number of nitriles is 2. The second kappa shape index (κ2) is 31.0. The van der Waals surface area contributed by atoms with E-state index in [-0.39, 0.29) is 62.7 Å². The second-order valence-corrected chi connectivity index (χ2v) is 32.4. The fourth-order valence-electron chi connectivity index (χ4n) is 24.5. The third kappa shape index (κ3) is 14.6. The molecule has 12 aliphatic rings. The third-order valence-corrected chi connectivity index (χ3v) is 28.2. The van der Waals surface area contributed by atoms with Crippen molar-refractivity contribution in [1.82, 2.24) is 20.0 Å². The van der Waals surface area contributed by atoms with Crippen LogP contribution in [-0.4, -0.2) is 128 Å². The predicted molar refractivity (Wildman–Crippen MR) is 361 cm³/mol. The van der Waals surface area contributed by atoms with Gasteiger partial charge in [-0.3, -0.25) is 24.2 Å². The normalized spacial score (nSPS) is 43.3. The Balaban J connectivity index is 0.000000182. The standard InChI is InChI=1S/C25H35N3O3.C21H33BrO3.C21H34O3.C4H3N3.CH4O.3CH4/c1-24-8-7-18-19(4-3-17-9-25(30,15-31-2)10-20(17)18)21(24)5-6-22(24)23(29)14-28-13-16(11-26)12-27-28;1-20-8-7-14-15(17(20)5-6-18(20)19(23)11-22)4-3-13-9-21(24,12-25-2)10-16(13)14;1-13(22)18-6-7-19-16-5-4-14-10-21(23,12-24-3)11-17(14)15(16)8-9-20(18,19)2;5-1-4-2-6-7-3-4;1-2;;;/h12-13,17-22,30H,3-10,14-15H2,1-2H3;13-18,24H,3-12H2,1-2H3;14-19,23H,4-12H2,1-3H3;2-3H,(H,6,7);2H,1H3;3*1H4/t17-,18+,19-,20+,21+,22-,24+,25+;13-,14+,15-,16+,17+,18-,20+,21+;14-,15+,16-,17+,18-,19+,20-,21+;;;;;/m111...../s1. The molecule has 5 N–H and O–H groups in total. The first kappa shape index (κ1) is 76.0. The summed E-state index contributed by atoms with van der Waals surface area (Å²) in [5.41, 5.74) is -0.189. The SMILES string of the molecule is C.C.C.CO.COC[C@]1(O)C[C@H]2CC[C@@H]3[C@H](CC[C@]4(C)[C@@H](C(=O)CBr)CC[C@@H]34)[C@H]2C1.COC[C@]1(O)C[C@H]2CC[C@@H]3[C@H](CC[C@]4(C)[C@@H](C(=O)Cn5cc(C#N)cn5)CC[C@@H]34)[C@H]2C1.COC[C@]1(O)C[C@H]2CC[C@@H]3[C@H](CC[C@]4(C)[C@@H](C(C)=O)CC[C@@H]34)[C@H]2C1.N#Cc1cn[nH]c1. The minimum atomic E-state index is -0.639. The van der Waals surface area contributed by atoms with Crippen molar-refractivity contribution in [3.05, 3.63) is 35.9 Å². The molecule has 92 heavy (non-hydrogen) atoms. The molecule has 0 radical (unpaired) electrons. The topological polar surface area (TPSA) is 254 Å². The van der Waals surface area contributed by atoms with Gasteiger partial charge in [-0.25, -0.2) is 0 Å². The molecule has 12 aliphatic carbocycles. The molecule has 24 atom stereocenters. The maximum absolute atomic E-state index is 13.3. The highest BCUT2D eigenvalue weighted by molar-refractivity contribution is 9.09. The molecule has 0 aliphatic heterocycles. The number of halogens is 1. The van der Waals surface area contributed by atoms with Crippen LogP contribution in [0.1, 0.15) is 215 Å². The summed E-state index contributed by atoms with van der Waals surface area (Å²) >= 11 is 3.41. The molecule has 518 valence electrons. The van der Waals surface area contributed by atoms with Crippen LogP contribution < -0.4 is 0 Å². The van der Waals surface area contributed by atoms with E-state index in [1.807, 2.05) is 13.0 Å². The van der Waals surface area contributed by atoms with Gasteiger partial charge in [0.05, 0.1) is 72.0 Å². The highest BCUT2D eigenvalue weighted by Crippen LogP contribution is 2.69. The van der Waals surface area contributed by atoms with E-state index in [2.05, 4.69) is 58.1 Å². The fourth-order valence-corrected chi connectivity index (χ4v) is 24.9. The second-order valence-electron chi connectivity index (χ2n) is 31.8. The molecule has 0 bridgehead atoms. The lowest BCUT2D eigenvalue weighted by molar-refractivity contribution is -0.130. The van der Waals surface area contributed by atoms with Crippen molar-refractivity contribution in [2.75, 3.05) is 53.6 Å². The van der Waals surface area contributed by atoms with Gasteiger partial charge in [0.15, 0.2) is 5.78 Å². The maximum atomic E-state index is 13.3. The van der Waals surface area contributed by atoms with Crippen LogP contribution in [0.5, 0.6) is 0 Å². The van der Waals surface area contributed by atoms with Crippen LogP contribution in [0.15, 0.2) is 24.8 Å². The minimum absolute atomic E-state index is 0. The number of alkyl halides is 1. The number of H-pyrrole nitrogens is 1. The molecule has 2 aromatic heterocycles. The summed E-state index contributed by atoms with van der Waals surface area (Å²) in [4.78, 5) is 37.9. The van der Waals surface area contributed by atoms with Crippen LogP contribution in [0.25, 0.3) is 0 Å². The Morgan fingerprint density at radius 2 is 0.924 bits per heavy atom. The van der Waals surface area contributed by atoms with Crippen molar-refractivity contribution in [2.24, 2.45) is 123 Å². The zero-order valence-electron chi connectivity index (χ0n) is 55.1. The average Bonchev–Trinajstić information content (AvgIpc) is 1.57. The first-order valence-electron chi connectivity index (χ1n) is 34.6. The Morgan fingerprint density at radius 1 is 0.543 bits per heavy atom. The van der Waals surface area contributed by atoms with Crippen LogP contribution >= 0.6 is 15.9 Å². The summed E-state index contributed by atoms with van der Waals surface area (Å²) in [5, 5.41) is 67.7. The van der Waals surface area contributed by atoms with Crippen LogP contribution in [0, 0.1) is 145 Å². The molecular weight excluding hydrogens is 1220 g/mol. The van der Waals surface area contributed by atoms with Crippen molar-refractivity contribution in [2.45, 2.75) is 227 Å². The van der Waals surface area contributed by atoms with E-state index in [1.165, 1.54) is 95.9 Å². The van der Waals surface area contributed by atoms with Gasteiger partial charge >= 0.3 is 0 Å². The zero-order chi connectivity index (χ0) is 63.8. The number of Topliss-reactive ketones (excluding diaryl/α,β-unsaturated/α-hetero) is 3. The lowest BCUT2D eigenvalue weighted by atomic mass is 9.51. The van der Waals surface area contributed by atoms with Gasteiger partial charge in [0.25, 0.3) is 0 Å². The van der Waals surface area contributed by atoms with Crippen molar-refractivity contribution >= 4 is 33.3 Å². The number of methoxy groups -OCH3 is 3. The van der Waals surface area contributed by atoms with E-state index in [4.69, 9.17) is 29.8 Å². The highest BCUT2D eigenvalue weighted by atomic mass is 79.9. The molecule has 12 saturated carbocycles. The minimum Gasteiger partial charge on any atom is -0.400 e. The average molecular weight is 1350 g/mol. The number of carbonyl (C=O) groups is 3. The van der Waals surface area contributed by atoms with Gasteiger partial charge in [0.2, 0.25) is 0 Å². The first-order chi connectivity index (χ1) is 42.6. The molecule has 16 nitrogen and oxygen atoms in total. The predicted octanol–water partition coefficient (Wildman–Crippen LogP) is 13.4. The summed E-state index contributed by atoms with van der Waals surface area (Å²) < 4.78 is 17.6. The number of aromatic nitrogens is 4. The molecule has 0 amide bonds. The fraction of sp³-hybridized carbons (Fsp3) is 0.853. The molecule has 14 rings (SSSR count). The number of aromatic amines is 1. The number of fused-ring (bicyclic) bond motifs is 15. The summed E-state index contributed by atoms with van der Waals surface area (Å²) in [6, 6.07) is 4.00. The number of aliphatic hydroxyl groups excluding tert-OH is 1. The number of rotatable bonds is 12. The lowest BCUT2D eigenvalue weighted by Crippen LogP contribution is -2.47. The molecule has 0 saturated heterocycles. The van der Waals surface area contributed by atoms with Gasteiger partial charge in [-0.2, -0.15) is 20.7 Å². The van der Waals surface area contributed by atoms with Gasteiger partial charge in [-0.05, 0) is 266 Å². The number of nitrogens with one attached hydrogen (secondary N) is 1. The van der Waals surface area contributed by atoms with Crippen LogP contribution in [-0.2, 0) is 35.1 Å². The summed E-state index contributed by atoms with van der Waals surface area (Å²) in [5.74, 6) is 12.4. The Kier molecular flexibility index (Phi) is 25.6. The van der Waals surface area contributed by atoms with Crippen LogP contribution in [0.4, 0.5) is 0 Å². The quantitative estimate of drug-likeness (QED) is 0.124. The van der Waals surface area contributed by atoms with E-state index in [0.717, 1.165) is 113 Å². The summed E-state index contributed by atoms with van der Waals surface area (Å²) in [6.45, 7) is 10.7. The molecule has 0 unspecified atom stereocenters. The molecule has 0 aromatic carbocycles. The number of hydrogen-bond donors (Lipinski definition) is 5.